The first kappa shape index (κ1) is 15.7. The molecule has 132 valence electrons. The maximum atomic E-state index is 13.2. The number of allylic oxidation sites excluding steroid dienone is 2. The van der Waals surface area contributed by atoms with Gasteiger partial charge in [0, 0.05) is 5.41 Å². The third-order valence-corrected chi connectivity index (χ3v) is 8.39. The second-order valence-corrected chi connectivity index (χ2v) is 9.42. The Labute approximate surface area is 150 Å². The summed E-state index contributed by atoms with van der Waals surface area (Å²) in [5.74, 6) is 0.405. The monoisotopic (exact) mass is 336 g/mol. The Kier molecular flexibility index (Phi) is 2.87. The Morgan fingerprint density at radius 1 is 1.08 bits per heavy atom. The van der Waals surface area contributed by atoms with Crippen molar-refractivity contribution < 1.29 is 9.53 Å². The molecule has 4 aliphatic rings. The molecule has 1 heterocycles. The van der Waals surface area contributed by atoms with Crippen LogP contribution in [-0.2, 0) is 14.9 Å². The highest BCUT2D eigenvalue weighted by atomic mass is 16.6. The molecule has 1 aromatic rings. The van der Waals surface area contributed by atoms with Crippen LogP contribution in [0.5, 0.6) is 0 Å². The minimum atomic E-state index is -0.379. The van der Waals surface area contributed by atoms with Gasteiger partial charge in [-0.25, -0.2) is 0 Å². The van der Waals surface area contributed by atoms with E-state index < -0.39 is 0 Å². The van der Waals surface area contributed by atoms with Gasteiger partial charge in [0.05, 0.1) is 0 Å². The van der Waals surface area contributed by atoms with E-state index in [-0.39, 0.29) is 33.7 Å². The van der Waals surface area contributed by atoms with Crippen LogP contribution < -0.4 is 0 Å². The zero-order valence-electron chi connectivity index (χ0n) is 15.5. The summed E-state index contributed by atoms with van der Waals surface area (Å²) in [7, 11) is 0. The first-order valence-electron chi connectivity index (χ1n) is 9.91. The summed E-state index contributed by atoms with van der Waals surface area (Å²) in [5.41, 5.74) is 1.000. The van der Waals surface area contributed by atoms with Gasteiger partial charge in [0.2, 0.25) is 0 Å². The Morgan fingerprint density at radius 3 is 2.48 bits per heavy atom. The molecule has 2 heteroatoms. The second-order valence-electron chi connectivity index (χ2n) is 9.42. The third-order valence-electron chi connectivity index (χ3n) is 8.39. The zero-order chi connectivity index (χ0) is 17.5. The summed E-state index contributed by atoms with van der Waals surface area (Å²) in [6, 6.07) is 10.8. The Bertz CT molecular complexity index is 766. The van der Waals surface area contributed by atoms with E-state index in [1.165, 1.54) is 31.2 Å². The molecule has 2 nitrogen and oxygen atoms in total. The lowest BCUT2D eigenvalue weighted by Crippen LogP contribution is -2.68. The summed E-state index contributed by atoms with van der Waals surface area (Å²) in [4.78, 5) is 13.2. The van der Waals surface area contributed by atoms with E-state index in [1.807, 2.05) is 0 Å². The fourth-order valence-corrected chi connectivity index (χ4v) is 7.41. The second kappa shape index (κ2) is 4.58. The molecule has 3 aliphatic carbocycles. The molecule has 2 bridgehead atoms. The van der Waals surface area contributed by atoms with Gasteiger partial charge in [0.15, 0.2) is 0 Å². The van der Waals surface area contributed by atoms with Gasteiger partial charge >= 0.3 is 5.97 Å². The number of fused-ring (bicyclic) bond motifs is 1. The highest BCUT2D eigenvalue weighted by molar-refractivity contribution is 5.89. The van der Waals surface area contributed by atoms with Crippen LogP contribution in [0.4, 0.5) is 0 Å². The van der Waals surface area contributed by atoms with Gasteiger partial charge in [-0.1, -0.05) is 76.1 Å². The average Bonchev–Trinajstić information content (AvgIpc) is 3.01. The van der Waals surface area contributed by atoms with Crippen molar-refractivity contribution in [3.05, 3.63) is 48.0 Å². The fourth-order valence-electron chi connectivity index (χ4n) is 7.41. The van der Waals surface area contributed by atoms with Gasteiger partial charge in [-0.3, -0.25) is 4.79 Å². The number of carbonyl (C=O) groups excluding carboxylic acids is 1. The molecule has 0 N–H and O–H groups in total. The van der Waals surface area contributed by atoms with Crippen molar-refractivity contribution in [1.82, 2.24) is 0 Å². The van der Waals surface area contributed by atoms with Crippen LogP contribution in [0.15, 0.2) is 42.5 Å². The number of benzene rings is 1. The number of carbonyl (C=O) groups is 1. The van der Waals surface area contributed by atoms with Crippen LogP contribution in [0.25, 0.3) is 0 Å². The lowest BCUT2D eigenvalue weighted by atomic mass is 9.48. The summed E-state index contributed by atoms with van der Waals surface area (Å²) in [6.07, 6.45) is 10.9. The van der Waals surface area contributed by atoms with E-state index in [9.17, 15) is 4.79 Å². The summed E-state index contributed by atoms with van der Waals surface area (Å²) in [5, 5.41) is 0. The highest BCUT2D eigenvalue weighted by Crippen LogP contribution is 2.82. The van der Waals surface area contributed by atoms with Crippen molar-refractivity contribution in [1.29, 1.82) is 0 Å². The Balaban J connectivity index is 1.82. The lowest BCUT2D eigenvalue weighted by Gasteiger charge is -2.58. The number of esters is 1. The van der Waals surface area contributed by atoms with E-state index in [4.69, 9.17) is 4.74 Å². The first-order valence-corrected chi connectivity index (χ1v) is 9.91. The number of ether oxygens (including phenoxy) is 1. The van der Waals surface area contributed by atoms with Crippen LogP contribution in [0, 0.1) is 22.2 Å². The van der Waals surface area contributed by atoms with Crippen molar-refractivity contribution in [2.75, 3.05) is 0 Å². The molecule has 1 aliphatic heterocycles. The summed E-state index contributed by atoms with van der Waals surface area (Å²) < 4.78 is 5.81. The van der Waals surface area contributed by atoms with Gasteiger partial charge < -0.3 is 4.74 Å². The van der Waals surface area contributed by atoms with Crippen LogP contribution in [0.1, 0.15) is 58.4 Å². The van der Waals surface area contributed by atoms with Crippen LogP contribution in [-0.4, -0.2) is 12.1 Å². The first-order chi connectivity index (χ1) is 11.9. The number of hydrogen-bond acceptors (Lipinski definition) is 2. The topological polar surface area (TPSA) is 26.3 Å². The standard InChI is InChI=1S/C23H28O2/c1-16(2)18-22(19(24)25-18)15-21-12-8-7-11-20(21,3)23(22,14-13-21)17-9-5-4-6-10-17/h4-6,9-10,13-14,16,18H,7-8,11-12,15H2,1-3H3/t18-,20+,21-,22-,23+/m1/s1. The molecule has 0 aromatic heterocycles. The largest absolute Gasteiger partial charge is 0.460 e. The molecule has 25 heavy (non-hydrogen) atoms. The van der Waals surface area contributed by atoms with Gasteiger partial charge in [-0.2, -0.15) is 0 Å². The molecule has 1 saturated heterocycles. The quantitative estimate of drug-likeness (QED) is 0.559. The van der Waals surface area contributed by atoms with Crippen molar-refractivity contribution in [3.8, 4) is 0 Å². The third kappa shape index (κ3) is 1.41. The average molecular weight is 336 g/mol. The van der Waals surface area contributed by atoms with E-state index >= 15 is 0 Å². The molecule has 0 unspecified atom stereocenters. The Hall–Kier alpha value is -1.57. The summed E-state index contributed by atoms with van der Waals surface area (Å²) in [6.45, 7) is 6.88. The van der Waals surface area contributed by atoms with Crippen molar-refractivity contribution in [3.63, 3.8) is 0 Å². The normalized spacial score (nSPS) is 47.0. The van der Waals surface area contributed by atoms with Crippen LogP contribution in [0.3, 0.4) is 0 Å². The maximum Gasteiger partial charge on any atom is 0.317 e. The predicted molar refractivity (Wildman–Crippen MR) is 98.0 cm³/mol. The van der Waals surface area contributed by atoms with E-state index in [2.05, 4.69) is 63.3 Å². The number of cyclic esters (lactones) is 1. The van der Waals surface area contributed by atoms with Gasteiger partial charge in [-0.05, 0) is 41.6 Å². The van der Waals surface area contributed by atoms with E-state index in [1.54, 1.807) is 0 Å². The van der Waals surface area contributed by atoms with Gasteiger partial charge in [0.25, 0.3) is 0 Å². The minimum Gasteiger partial charge on any atom is -0.460 e. The minimum absolute atomic E-state index is 0.0319. The number of hydrogen-bond donors (Lipinski definition) is 0. The van der Waals surface area contributed by atoms with E-state index in [0.717, 1.165) is 6.42 Å². The van der Waals surface area contributed by atoms with Crippen LogP contribution in [0.2, 0.25) is 0 Å². The summed E-state index contributed by atoms with van der Waals surface area (Å²) >= 11 is 0. The molecular formula is C23H28O2. The van der Waals surface area contributed by atoms with Crippen molar-refractivity contribution in [2.45, 2.75) is 64.4 Å². The van der Waals surface area contributed by atoms with Gasteiger partial charge in [-0.15, -0.1) is 0 Å². The molecule has 0 radical (unpaired) electrons. The fraction of sp³-hybridized carbons (Fsp3) is 0.609. The van der Waals surface area contributed by atoms with Crippen LogP contribution >= 0.6 is 0 Å². The molecule has 2 saturated carbocycles. The number of rotatable bonds is 2. The Morgan fingerprint density at radius 2 is 1.80 bits per heavy atom. The predicted octanol–water partition coefficient (Wildman–Crippen LogP) is 5.03. The van der Waals surface area contributed by atoms with Crippen molar-refractivity contribution >= 4 is 5.97 Å². The lowest BCUT2D eigenvalue weighted by molar-refractivity contribution is -0.226. The molecule has 5 atom stereocenters. The molecule has 3 fully saturated rings. The smallest absolute Gasteiger partial charge is 0.317 e. The maximum absolute atomic E-state index is 13.2. The zero-order valence-corrected chi connectivity index (χ0v) is 15.5. The van der Waals surface area contributed by atoms with E-state index in [0.29, 0.717) is 5.92 Å². The molecule has 1 aromatic carbocycles. The molecule has 1 spiro atoms. The molecule has 5 rings (SSSR count). The highest BCUT2D eigenvalue weighted by Gasteiger charge is 2.85. The molecular weight excluding hydrogens is 308 g/mol. The molecule has 0 amide bonds. The van der Waals surface area contributed by atoms with Gasteiger partial charge in [0.1, 0.15) is 11.5 Å². The van der Waals surface area contributed by atoms with Crippen molar-refractivity contribution in [2.24, 2.45) is 22.2 Å². The SMILES string of the molecule is CC(C)[C@H]1OC(=O)[C@@]12C[C@@]13C=C[C@]2(c2ccccc2)[C@@]1(C)CCCC3.